The minimum atomic E-state index is 0.0839. The number of rotatable bonds is 2. The minimum Gasteiger partial charge on any atom is -0.295 e. The number of ketones is 1. The number of Topliss-reactive ketones (excluding diaryl/α,β-unsaturated/α-hetero) is 1. The van der Waals surface area contributed by atoms with Crippen molar-refractivity contribution < 1.29 is 4.79 Å². The summed E-state index contributed by atoms with van der Waals surface area (Å²) in [5.74, 6) is 0.0839. The van der Waals surface area contributed by atoms with Gasteiger partial charge in [0.25, 0.3) is 0 Å². The first kappa shape index (κ1) is 9.90. The molecule has 1 aromatic heterocycles. The minimum absolute atomic E-state index is 0.0839. The Bertz CT molecular complexity index is 526. The second-order valence-corrected chi connectivity index (χ2v) is 3.71. The van der Waals surface area contributed by atoms with Crippen molar-refractivity contribution in [3.63, 3.8) is 0 Å². The van der Waals surface area contributed by atoms with Gasteiger partial charge in [0.15, 0.2) is 5.78 Å². The molecule has 0 N–H and O–H groups in total. The van der Waals surface area contributed by atoms with Gasteiger partial charge >= 0.3 is 0 Å². The van der Waals surface area contributed by atoms with Gasteiger partial charge in [0.05, 0.1) is 5.52 Å². The summed E-state index contributed by atoms with van der Waals surface area (Å²) in [4.78, 5) is 11.2. The van der Waals surface area contributed by atoms with Crippen LogP contribution in [0.25, 0.3) is 10.9 Å². The average Bonchev–Trinajstić information content (AvgIpc) is 2.51. The van der Waals surface area contributed by atoms with Gasteiger partial charge in [-0.05, 0) is 19.4 Å². The van der Waals surface area contributed by atoms with Crippen LogP contribution in [0.4, 0.5) is 0 Å². The smallest absolute Gasteiger partial charge is 0.159 e. The van der Waals surface area contributed by atoms with Crippen molar-refractivity contribution in [2.45, 2.75) is 20.3 Å². The van der Waals surface area contributed by atoms with Gasteiger partial charge in [0, 0.05) is 23.7 Å². The molecule has 2 rings (SSSR count). The van der Waals surface area contributed by atoms with E-state index in [9.17, 15) is 4.79 Å². The lowest BCUT2D eigenvalue weighted by atomic mass is 10.1. The standard InChI is InChI=1S/C12H14N2O/c1-4-12-10-6-5-9(8(2)15)7-11(10)13-14(12)3/h5-7H,4H2,1-3H3. The molecule has 0 aliphatic heterocycles. The molecule has 0 radical (unpaired) electrons. The Hall–Kier alpha value is -1.64. The fourth-order valence-electron chi connectivity index (χ4n) is 1.89. The lowest BCUT2D eigenvalue weighted by Gasteiger charge is -1.97. The summed E-state index contributed by atoms with van der Waals surface area (Å²) < 4.78 is 1.88. The summed E-state index contributed by atoms with van der Waals surface area (Å²) in [6, 6.07) is 5.71. The first-order valence-corrected chi connectivity index (χ1v) is 5.10. The molecule has 0 atom stereocenters. The molecule has 2 aromatic rings. The van der Waals surface area contributed by atoms with E-state index in [4.69, 9.17) is 0 Å². The van der Waals surface area contributed by atoms with Crippen molar-refractivity contribution in [2.24, 2.45) is 7.05 Å². The van der Waals surface area contributed by atoms with Crippen LogP contribution in [0.2, 0.25) is 0 Å². The van der Waals surface area contributed by atoms with Crippen molar-refractivity contribution in [3.05, 3.63) is 29.5 Å². The predicted molar refractivity (Wildman–Crippen MR) is 60.1 cm³/mol. The summed E-state index contributed by atoms with van der Waals surface area (Å²) in [7, 11) is 1.94. The number of carbonyl (C=O) groups excluding carboxylic acids is 1. The SMILES string of the molecule is CCc1c2ccc(C(C)=O)cc2nn1C. The number of fused-ring (bicyclic) bond motifs is 1. The lowest BCUT2D eigenvalue weighted by molar-refractivity contribution is 0.101. The molecule has 0 saturated carbocycles. The number of aryl methyl sites for hydroxylation is 2. The van der Waals surface area contributed by atoms with Crippen LogP contribution in [0.15, 0.2) is 18.2 Å². The summed E-state index contributed by atoms with van der Waals surface area (Å²) in [5, 5.41) is 5.53. The highest BCUT2D eigenvalue weighted by Gasteiger charge is 2.08. The van der Waals surface area contributed by atoms with Gasteiger partial charge < -0.3 is 0 Å². The summed E-state index contributed by atoms with van der Waals surface area (Å²) in [6.45, 7) is 3.68. The molecule has 0 bridgehead atoms. The van der Waals surface area contributed by atoms with Crippen molar-refractivity contribution >= 4 is 16.7 Å². The Morgan fingerprint density at radius 3 is 2.80 bits per heavy atom. The molecule has 15 heavy (non-hydrogen) atoms. The van der Waals surface area contributed by atoms with E-state index in [-0.39, 0.29) is 5.78 Å². The molecule has 1 heterocycles. The highest BCUT2D eigenvalue weighted by atomic mass is 16.1. The number of hydrogen-bond donors (Lipinski definition) is 0. The van der Waals surface area contributed by atoms with Crippen molar-refractivity contribution in [1.82, 2.24) is 9.78 Å². The van der Waals surface area contributed by atoms with E-state index in [2.05, 4.69) is 12.0 Å². The van der Waals surface area contributed by atoms with Gasteiger partial charge in [0.2, 0.25) is 0 Å². The van der Waals surface area contributed by atoms with Gasteiger partial charge in [0.1, 0.15) is 0 Å². The largest absolute Gasteiger partial charge is 0.295 e. The third-order valence-corrected chi connectivity index (χ3v) is 2.70. The molecule has 0 saturated heterocycles. The highest BCUT2D eigenvalue weighted by Crippen LogP contribution is 2.19. The lowest BCUT2D eigenvalue weighted by Crippen LogP contribution is -1.95. The Morgan fingerprint density at radius 2 is 2.20 bits per heavy atom. The Balaban J connectivity index is 2.69. The van der Waals surface area contributed by atoms with E-state index < -0.39 is 0 Å². The van der Waals surface area contributed by atoms with E-state index >= 15 is 0 Å². The van der Waals surface area contributed by atoms with Crippen LogP contribution in [0.3, 0.4) is 0 Å². The maximum atomic E-state index is 11.2. The van der Waals surface area contributed by atoms with Crippen molar-refractivity contribution in [1.29, 1.82) is 0 Å². The fourth-order valence-corrected chi connectivity index (χ4v) is 1.89. The van der Waals surface area contributed by atoms with Gasteiger partial charge in [-0.3, -0.25) is 9.48 Å². The summed E-state index contributed by atoms with van der Waals surface area (Å²) >= 11 is 0. The first-order valence-electron chi connectivity index (χ1n) is 5.10. The molecule has 78 valence electrons. The Kier molecular flexibility index (Phi) is 2.31. The molecule has 0 spiro atoms. The average molecular weight is 202 g/mol. The molecular weight excluding hydrogens is 188 g/mol. The van der Waals surface area contributed by atoms with E-state index in [1.165, 1.54) is 5.69 Å². The zero-order valence-corrected chi connectivity index (χ0v) is 9.24. The maximum Gasteiger partial charge on any atom is 0.159 e. The van der Waals surface area contributed by atoms with E-state index in [0.29, 0.717) is 0 Å². The number of aromatic nitrogens is 2. The number of hydrogen-bond acceptors (Lipinski definition) is 2. The number of benzene rings is 1. The van der Waals surface area contributed by atoms with E-state index in [1.54, 1.807) is 6.92 Å². The second kappa shape index (κ2) is 3.50. The maximum absolute atomic E-state index is 11.2. The highest BCUT2D eigenvalue weighted by molar-refractivity contribution is 5.98. The van der Waals surface area contributed by atoms with Crippen molar-refractivity contribution in [3.8, 4) is 0 Å². The third kappa shape index (κ3) is 1.54. The molecule has 0 unspecified atom stereocenters. The molecule has 1 aromatic carbocycles. The number of nitrogens with zero attached hydrogens (tertiary/aromatic N) is 2. The van der Waals surface area contributed by atoms with Crippen LogP contribution in [0, 0.1) is 0 Å². The van der Waals surface area contributed by atoms with Crippen molar-refractivity contribution in [2.75, 3.05) is 0 Å². The molecule has 3 heteroatoms. The van der Waals surface area contributed by atoms with Crippen LogP contribution >= 0.6 is 0 Å². The predicted octanol–water partition coefficient (Wildman–Crippen LogP) is 2.34. The number of carbonyl (C=O) groups is 1. The quantitative estimate of drug-likeness (QED) is 0.700. The molecular formula is C12H14N2O. The Labute approximate surface area is 88.7 Å². The van der Waals surface area contributed by atoms with Crippen LogP contribution < -0.4 is 0 Å². The zero-order valence-electron chi connectivity index (χ0n) is 9.24. The van der Waals surface area contributed by atoms with Gasteiger partial charge in [-0.2, -0.15) is 5.10 Å². The first-order chi connectivity index (χ1) is 7.13. The van der Waals surface area contributed by atoms with Crippen LogP contribution in [-0.2, 0) is 13.5 Å². The molecule has 0 fully saturated rings. The normalized spacial score (nSPS) is 10.9. The molecule has 0 aliphatic carbocycles. The Morgan fingerprint density at radius 1 is 1.47 bits per heavy atom. The van der Waals surface area contributed by atoms with E-state index in [1.807, 2.05) is 29.9 Å². The second-order valence-electron chi connectivity index (χ2n) is 3.71. The zero-order chi connectivity index (χ0) is 11.0. The van der Waals surface area contributed by atoms with Crippen LogP contribution in [-0.4, -0.2) is 15.6 Å². The molecule has 3 nitrogen and oxygen atoms in total. The summed E-state index contributed by atoms with van der Waals surface area (Å²) in [5.41, 5.74) is 2.84. The van der Waals surface area contributed by atoms with Gasteiger partial charge in [-0.15, -0.1) is 0 Å². The molecule has 0 aliphatic rings. The topological polar surface area (TPSA) is 34.9 Å². The monoisotopic (exact) mass is 202 g/mol. The summed E-state index contributed by atoms with van der Waals surface area (Å²) in [6.07, 6.45) is 0.951. The van der Waals surface area contributed by atoms with Gasteiger partial charge in [-0.1, -0.05) is 19.1 Å². The van der Waals surface area contributed by atoms with Crippen LogP contribution in [0.1, 0.15) is 29.9 Å². The van der Waals surface area contributed by atoms with Gasteiger partial charge in [-0.25, -0.2) is 0 Å². The van der Waals surface area contributed by atoms with Crippen LogP contribution in [0.5, 0.6) is 0 Å². The van der Waals surface area contributed by atoms with E-state index in [0.717, 1.165) is 22.9 Å². The molecule has 0 amide bonds. The third-order valence-electron chi connectivity index (χ3n) is 2.70. The fraction of sp³-hybridized carbons (Fsp3) is 0.333.